The van der Waals surface area contributed by atoms with Crippen LogP contribution in [0.3, 0.4) is 0 Å². The van der Waals surface area contributed by atoms with Gasteiger partial charge in [-0.25, -0.2) is 8.42 Å². The summed E-state index contributed by atoms with van der Waals surface area (Å²) in [7, 11) is -3.52. The lowest BCUT2D eigenvalue weighted by Gasteiger charge is -2.28. The average Bonchev–Trinajstić information content (AvgIpc) is 2.48. The van der Waals surface area contributed by atoms with Crippen LogP contribution in [0.15, 0.2) is 51.0 Å². The average molecular weight is 396 g/mol. The number of rotatable bonds is 2. The van der Waals surface area contributed by atoms with Crippen molar-refractivity contribution in [3.8, 4) is 0 Å². The molecule has 6 nitrogen and oxygen atoms in total. The summed E-state index contributed by atoms with van der Waals surface area (Å²) in [4.78, 5) is 14.2. The number of anilines is 1. The van der Waals surface area contributed by atoms with Gasteiger partial charge in [0.25, 0.3) is 15.9 Å². The minimum absolute atomic E-state index is 0.0563. The molecule has 0 radical (unpaired) electrons. The van der Waals surface area contributed by atoms with Crippen molar-refractivity contribution in [1.82, 2.24) is 4.90 Å². The topological polar surface area (TPSA) is 78.8 Å². The Morgan fingerprint density at radius 2 is 2.17 bits per heavy atom. The summed E-state index contributed by atoms with van der Waals surface area (Å²) in [5.74, 6) is -0.293. The van der Waals surface area contributed by atoms with E-state index in [0.717, 1.165) is 10.0 Å². The van der Waals surface area contributed by atoms with Gasteiger partial charge in [0, 0.05) is 17.2 Å². The highest BCUT2D eigenvalue weighted by Gasteiger charge is 2.30. The normalized spacial score (nSPS) is 18.8. The molecule has 0 aliphatic carbocycles. The van der Waals surface area contributed by atoms with Gasteiger partial charge in [-0.15, -0.1) is 4.40 Å². The molecule has 8 heteroatoms. The molecule has 0 saturated carbocycles. The van der Waals surface area contributed by atoms with Crippen LogP contribution in [-0.4, -0.2) is 37.4 Å². The zero-order valence-electron chi connectivity index (χ0n) is 12.3. The zero-order valence-corrected chi connectivity index (χ0v) is 14.7. The Morgan fingerprint density at radius 3 is 2.91 bits per heavy atom. The zero-order chi connectivity index (χ0) is 16.6. The first kappa shape index (κ1) is 15.9. The molecule has 1 aromatic rings. The fourth-order valence-electron chi connectivity index (χ4n) is 2.30. The third-order valence-electron chi connectivity index (χ3n) is 3.47. The Labute approximate surface area is 142 Å². The van der Waals surface area contributed by atoms with Gasteiger partial charge in [-0.05, 0) is 52.7 Å². The Hall–Kier alpha value is -1.93. The summed E-state index contributed by atoms with van der Waals surface area (Å²) in [6.07, 6.45) is 4.98. The minimum atomic E-state index is -3.52. The lowest BCUT2D eigenvalue weighted by atomic mass is 10.1. The smallest absolute Gasteiger partial charge is 0.259 e. The first-order valence-electron chi connectivity index (χ1n) is 6.91. The first-order chi connectivity index (χ1) is 10.9. The number of amides is 1. The molecule has 1 N–H and O–H groups in total. The lowest BCUT2D eigenvalue weighted by molar-refractivity contribution is -0.112. The monoisotopic (exact) mass is 395 g/mol. The van der Waals surface area contributed by atoms with E-state index >= 15 is 0 Å². The van der Waals surface area contributed by atoms with E-state index in [-0.39, 0.29) is 23.7 Å². The number of nitrogens with one attached hydrogen (secondary N) is 1. The van der Waals surface area contributed by atoms with Gasteiger partial charge >= 0.3 is 0 Å². The molecule has 0 bridgehead atoms. The number of carbonyl (C=O) groups excluding carboxylic acids is 1. The number of nitrogens with zero attached hydrogens (tertiary/aromatic N) is 2. The second kappa shape index (κ2) is 5.93. The molecule has 0 saturated heterocycles. The van der Waals surface area contributed by atoms with Crippen LogP contribution in [0.4, 0.5) is 5.69 Å². The van der Waals surface area contributed by atoms with Gasteiger partial charge < -0.3 is 10.2 Å². The summed E-state index contributed by atoms with van der Waals surface area (Å²) in [5, 5.41) is 2.78. The third kappa shape index (κ3) is 3.37. The van der Waals surface area contributed by atoms with E-state index in [1.54, 1.807) is 29.3 Å². The van der Waals surface area contributed by atoms with E-state index in [9.17, 15) is 13.2 Å². The van der Waals surface area contributed by atoms with Crippen LogP contribution in [0.5, 0.6) is 0 Å². The number of allylic oxidation sites excluding steroid dienone is 2. The van der Waals surface area contributed by atoms with Crippen LogP contribution < -0.4 is 5.32 Å². The second-order valence-corrected chi connectivity index (χ2v) is 7.86. The van der Waals surface area contributed by atoms with E-state index in [0.29, 0.717) is 5.69 Å². The van der Waals surface area contributed by atoms with Crippen LogP contribution in [-0.2, 0) is 14.8 Å². The van der Waals surface area contributed by atoms with Gasteiger partial charge in [-0.1, -0.05) is 6.07 Å². The van der Waals surface area contributed by atoms with Crippen molar-refractivity contribution in [2.75, 3.05) is 17.6 Å². The van der Waals surface area contributed by atoms with Crippen molar-refractivity contribution < 1.29 is 13.2 Å². The molecule has 2 aliphatic heterocycles. The molecule has 1 aromatic carbocycles. The first-order valence-corrected chi connectivity index (χ1v) is 9.31. The maximum Gasteiger partial charge on any atom is 0.259 e. The summed E-state index contributed by atoms with van der Waals surface area (Å²) in [6, 6.07) is 5.55. The molecule has 2 aliphatic rings. The quantitative estimate of drug-likeness (QED) is 0.832. The Kier molecular flexibility index (Phi) is 4.11. The van der Waals surface area contributed by atoms with Crippen LogP contribution in [0.1, 0.15) is 5.56 Å². The predicted octanol–water partition coefficient (Wildman–Crippen LogP) is 2.19. The number of halogens is 1. The SMILES string of the molecule is Cc1ccc(NC(=O)C2=CC=CN3CCS(=O)(=O)N=C23)c(Br)c1. The highest BCUT2D eigenvalue weighted by Crippen LogP contribution is 2.25. The van der Waals surface area contributed by atoms with E-state index < -0.39 is 15.9 Å². The van der Waals surface area contributed by atoms with Crippen molar-refractivity contribution in [3.63, 3.8) is 0 Å². The molecular formula is C15H14BrN3O3S. The number of aryl methyl sites for hydroxylation is 1. The fraction of sp³-hybridized carbons (Fsp3) is 0.200. The Morgan fingerprint density at radius 1 is 1.39 bits per heavy atom. The van der Waals surface area contributed by atoms with Crippen LogP contribution in [0.2, 0.25) is 0 Å². The van der Waals surface area contributed by atoms with Crippen molar-refractivity contribution in [2.24, 2.45) is 4.40 Å². The number of fused-ring (bicyclic) bond motifs is 1. The summed E-state index contributed by atoms with van der Waals surface area (Å²) < 4.78 is 27.9. The molecule has 0 spiro atoms. The van der Waals surface area contributed by atoms with Crippen LogP contribution in [0, 0.1) is 6.92 Å². The third-order valence-corrected chi connectivity index (χ3v) is 5.28. The summed E-state index contributed by atoms with van der Waals surface area (Å²) >= 11 is 3.40. The second-order valence-electron chi connectivity index (χ2n) is 5.25. The molecule has 0 fully saturated rings. The van der Waals surface area contributed by atoms with Crippen molar-refractivity contribution >= 4 is 43.4 Å². The molecule has 3 rings (SSSR count). The van der Waals surface area contributed by atoms with Gasteiger partial charge in [-0.2, -0.15) is 0 Å². The summed E-state index contributed by atoms with van der Waals surface area (Å²) in [6.45, 7) is 2.24. The van der Waals surface area contributed by atoms with Gasteiger partial charge in [0.15, 0.2) is 5.84 Å². The summed E-state index contributed by atoms with van der Waals surface area (Å²) in [5.41, 5.74) is 1.90. The lowest BCUT2D eigenvalue weighted by Crippen LogP contribution is -2.40. The highest BCUT2D eigenvalue weighted by molar-refractivity contribution is 9.10. The van der Waals surface area contributed by atoms with Crippen LogP contribution in [0.25, 0.3) is 0 Å². The maximum absolute atomic E-state index is 12.5. The molecule has 0 atom stereocenters. The number of hydrogen-bond acceptors (Lipinski definition) is 4. The van der Waals surface area contributed by atoms with Crippen molar-refractivity contribution in [1.29, 1.82) is 0 Å². The number of hydrogen-bond donors (Lipinski definition) is 1. The standard InChI is InChI=1S/C15H14BrN3O3S/c1-10-4-5-13(12(16)9-10)17-15(20)11-3-2-6-19-7-8-23(21,22)18-14(11)19/h2-6,9H,7-8H2,1H3,(H,17,20). The minimum Gasteiger partial charge on any atom is -0.331 e. The Bertz CT molecular complexity index is 872. The van der Waals surface area contributed by atoms with E-state index in [2.05, 4.69) is 25.6 Å². The maximum atomic E-state index is 12.5. The van der Waals surface area contributed by atoms with Crippen LogP contribution >= 0.6 is 15.9 Å². The molecule has 120 valence electrons. The predicted molar refractivity (Wildman–Crippen MR) is 92.7 cm³/mol. The number of benzene rings is 1. The number of carbonyl (C=O) groups is 1. The van der Waals surface area contributed by atoms with E-state index in [4.69, 9.17) is 0 Å². The molecule has 2 heterocycles. The van der Waals surface area contributed by atoms with Gasteiger partial charge in [0.2, 0.25) is 0 Å². The molecule has 23 heavy (non-hydrogen) atoms. The van der Waals surface area contributed by atoms with Crippen molar-refractivity contribution in [2.45, 2.75) is 6.92 Å². The number of amidine groups is 1. The Balaban J connectivity index is 1.91. The molecule has 0 unspecified atom stereocenters. The van der Waals surface area contributed by atoms with Gasteiger partial charge in [0.05, 0.1) is 17.0 Å². The largest absolute Gasteiger partial charge is 0.331 e. The molecule has 1 amide bonds. The van der Waals surface area contributed by atoms with Gasteiger partial charge in [0.1, 0.15) is 0 Å². The van der Waals surface area contributed by atoms with Crippen molar-refractivity contribution in [3.05, 3.63) is 52.2 Å². The fourth-order valence-corrected chi connectivity index (χ4v) is 3.88. The van der Waals surface area contributed by atoms with E-state index in [1.165, 1.54) is 0 Å². The number of sulfonamides is 1. The highest BCUT2D eigenvalue weighted by atomic mass is 79.9. The molecule has 0 aromatic heterocycles. The van der Waals surface area contributed by atoms with Gasteiger partial charge in [-0.3, -0.25) is 4.79 Å². The molecular weight excluding hydrogens is 382 g/mol. The van der Waals surface area contributed by atoms with E-state index in [1.807, 2.05) is 19.1 Å².